The second-order valence-electron chi connectivity index (χ2n) is 6.64. The fourth-order valence-electron chi connectivity index (χ4n) is 3.23. The normalized spacial score (nSPS) is 11.3. The summed E-state index contributed by atoms with van der Waals surface area (Å²) in [5.41, 5.74) is 1.36. The molecule has 7 heteroatoms. The van der Waals surface area contributed by atoms with Crippen LogP contribution in [0.15, 0.2) is 70.5 Å². The molecular weight excluding hydrogens is 402 g/mol. The molecule has 2 aromatic carbocycles. The number of aromatic hydroxyl groups is 1. The highest BCUT2D eigenvalue weighted by molar-refractivity contribution is 6.32. The molecule has 0 saturated carbocycles. The highest BCUT2D eigenvalue weighted by Crippen LogP contribution is 2.30. The number of halogens is 1. The van der Waals surface area contributed by atoms with Gasteiger partial charge in [0.05, 0.1) is 23.4 Å². The first-order chi connectivity index (χ1) is 14.5. The van der Waals surface area contributed by atoms with Crippen LogP contribution in [0.4, 0.5) is 5.69 Å². The molecule has 0 aliphatic rings. The summed E-state index contributed by atoms with van der Waals surface area (Å²) in [6, 6.07) is 17.5. The van der Waals surface area contributed by atoms with Crippen molar-refractivity contribution in [3.05, 3.63) is 87.3 Å². The Hall–Kier alpha value is -3.64. The van der Waals surface area contributed by atoms with Gasteiger partial charge in [-0.05, 0) is 43.3 Å². The van der Waals surface area contributed by atoms with Crippen molar-refractivity contribution in [2.45, 2.75) is 6.92 Å². The van der Waals surface area contributed by atoms with Gasteiger partial charge in [-0.3, -0.25) is 9.79 Å². The number of aromatic nitrogens is 2. The van der Waals surface area contributed by atoms with Crippen molar-refractivity contribution < 1.29 is 9.84 Å². The van der Waals surface area contributed by atoms with E-state index in [4.69, 9.17) is 16.3 Å². The zero-order valence-corrected chi connectivity index (χ0v) is 17.1. The number of rotatable bonds is 4. The summed E-state index contributed by atoms with van der Waals surface area (Å²) in [6.45, 7) is 1.82. The summed E-state index contributed by atoms with van der Waals surface area (Å²) in [5, 5.41) is 12.5. The van der Waals surface area contributed by atoms with E-state index in [1.807, 2.05) is 13.0 Å². The van der Waals surface area contributed by atoms with Crippen molar-refractivity contribution >= 4 is 34.3 Å². The topological polar surface area (TPSA) is 76.7 Å². The zero-order chi connectivity index (χ0) is 21.3. The first kappa shape index (κ1) is 19.7. The molecule has 0 bridgehead atoms. The van der Waals surface area contributed by atoms with Crippen molar-refractivity contribution in [2.24, 2.45) is 4.99 Å². The molecule has 6 nitrogen and oxygen atoms in total. The van der Waals surface area contributed by atoms with Gasteiger partial charge in [-0.15, -0.1) is 0 Å². The monoisotopic (exact) mass is 419 g/mol. The number of aliphatic imine (C=N–C) groups is 1. The average molecular weight is 420 g/mol. The first-order valence-corrected chi connectivity index (χ1v) is 9.55. The van der Waals surface area contributed by atoms with Gasteiger partial charge in [-0.2, -0.15) is 0 Å². The van der Waals surface area contributed by atoms with Gasteiger partial charge >= 0.3 is 0 Å². The molecule has 4 rings (SSSR count). The Balaban J connectivity index is 1.93. The van der Waals surface area contributed by atoms with Crippen LogP contribution in [0.2, 0.25) is 5.02 Å². The van der Waals surface area contributed by atoms with Gasteiger partial charge in [-0.1, -0.05) is 35.9 Å². The lowest BCUT2D eigenvalue weighted by atomic mass is 10.1. The minimum absolute atomic E-state index is 0.236. The molecule has 150 valence electrons. The molecule has 0 amide bonds. The summed E-state index contributed by atoms with van der Waals surface area (Å²) in [7, 11) is 1.54. The van der Waals surface area contributed by atoms with E-state index >= 15 is 0 Å². The number of ether oxygens (including phenoxy) is 1. The summed E-state index contributed by atoms with van der Waals surface area (Å²) in [6.07, 6.45) is 1.52. The van der Waals surface area contributed by atoms with Crippen LogP contribution in [0, 0.1) is 6.92 Å². The van der Waals surface area contributed by atoms with Crippen molar-refractivity contribution in [3.8, 4) is 17.4 Å². The molecule has 0 aliphatic heterocycles. The van der Waals surface area contributed by atoms with Gasteiger partial charge in [0.2, 0.25) is 5.88 Å². The van der Waals surface area contributed by atoms with E-state index in [0.717, 1.165) is 5.69 Å². The minimum atomic E-state index is -0.356. The zero-order valence-electron chi connectivity index (χ0n) is 16.3. The van der Waals surface area contributed by atoms with Crippen LogP contribution in [0.3, 0.4) is 0 Å². The van der Waals surface area contributed by atoms with Crippen molar-refractivity contribution in [1.29, 1.82) is 0 Å². The number of fused-ring (bicyclic) bond motifs is 1. The quantitative estimate of drug-likeness (QED) is 0.481. The third-order valence-corrected chi connectivity index (χ3v) is 4.98. The molecule has 0 atom stereocenters. The Morgan fingerprint density at radius 2 is 1.87 bits per heavy atom. The predicted octanol–water partition coefficient (Wildman–Crippen LogP) is 4.81. The molecule has 0 spiro atoms. The largest absolute Gasteiger partial charge is 0.495 e. The Bertz CT molecular complexity index is 1350. The van der Waals surface area contributed by atoms with Crippen LogP contribution in [-0.4, -0.2) is 28.0 Å². The third kappa shape index (κ3) is 3.53. The van der Waals surface area contributed by atoms with Crippen LogP contribution >= 0.6 is 11.6 Å². The Kier molecular flexibility index (Phi) is 5.25. The maximum atomic E-state index is 13.1. The van der Waals surface area contributed by atoms with Gasteiger partial charge in [-0.25, -0.2) is 9.55 Å². The molecule has 1 N–H and O–H groups in total. The molecule has 0 radical (unpaired) electrons. The lowest BCUT2D eigenvalue weighted by molar-refractivity contribution is 0.415. The number of pyridine rings is 2. The Morgan fingerprint density at radius 1 is 1.10 bits per heavy atom. The Labute approximate surface area is 177 Å². The summed E-state index contributed by atoms with van der Waals surface area (Å²) >= 11 is 6.18. The van der Waals surface area contributed by atoms with E-state index in [9.17, 15) is 9.90 Å². The lowest BCUT2D eigenvalue weighted by Crippen LogP contribution is -2.21. The highest BCUT2D eigenvalue weighted by atomic mass is 35.5. The lowest BCUT2D eigenvalue weighted by Gasteiger charge is -2.13. The molecule has 0 aliphatic carbocycles. The van der Waals surface area contributed by atoms with Crippen LogP contribution in [-0.2, 0) is 0 Å². The molecule has 0 unspecified atom stereocenters. The fourth-order valence-corrected chi connectivity index (χ4v) is 3.48. The van der Waals surface area contributed by atoms with Crippen LogP contribution < -0.4 is 10.3 Å². The maximum absolute atomic E-state index is 13.1. The van der Waals surface area contributed by atoms with Gasteiger partial charge in [0.15, 0.2) is 0 Å². The third-order valence-electron chi connectivity index (χ3n) is 4.68. The number of benzene rings is 2. The van der Waals surface area contributed by atoms with E-state index in [2.05, 4.69) is 9.98 Å². The smallest absolute Gasteiger partial charge is 0.267 e. The molecule has 0 fully saturated rings. The molecule has 30 heavy (non-hydrogen) atoms. The molecule has 0 saturated heterocycles. The van der Waals surface area contributed by atoms with E-state index in [1.54, 1.807) is 54.6 Å². The number of aryl methyl sites for hydroxylation is 1. The molecular formula is C23H18ClN3O3. The van der Waals surface area contributed by atoms with E-state index in [1.165, 1.54) is 17.9 Å². The van der Waals surface area contributed by atoms with Gasteiger partial charge in [0, 0.05) is 22.7 Å². The van der Waals surface area contributed by atoms with Crippen molar-refractivity contribution in [3.63, 3.8) is 0 Å². The standard InChI is InChI=1S/C23H18ClN3O3/c1-14-6-5-9-21(26-14)27-22(28)17-8-4-3-7-16(17)18(23(27)29)13-25-15-10-11-20(30-2)19(24)12-15/h3-13,29H,1-2H3. The van der Waals surface area contributed by atoms with Crippen molar-refractivity contribution in [1.82, 2.24) is 9.55 Å². The van der Waals surface area contributed by atoms with E-state index in [-0.39, 0.29) is 11.4 Å². The van der Waals surface area contributed by atoms with Crippen LogP contribution in [0.5, 0.6) is 11.6 Å². The van der Waals surface area contributed by atoms with Gasteiger partial charge in [0.25, 0.3) is 5.56 Å². The van der Waals surface area contributed by atoms with Crippen LogP contribution in [0.25, 0.3) is 16.6 Å². The van der Waals surface area contributed by atoms with Gasteiger partial charge < -0.3 is 9.84 Å². The molecule has 2 aromatic heterocycles. The van der Waals surface area contributed by atoms with Crippen molar-refractivity contribution in [2.75, 3.05) is 7.11 Å². The fraction of sp³-hybridized carbons (Fsp3) is 0.0870. The number of nitrogens with zero attached hydrogens (tertiary/aromatic N) is 3. The molecule has 4 aromatic rings. The average Bonchev–Trinajstić information content (AvgIpc) is 2.74. The molecule has 2 heterocycles. The number of hydrogen-bond donors (Lipinski definition) is 1. The second-order valence-corrected chi connectivity index (χ2v) is 7.04. The SMILES string of the molecule is COc1ccc(N=Cc2c(O)n(-c3cccc(C)n3)c(=O)c3ccccc23)cc1Cl. The van der Waals surface area contributed by atoms with E-state index < -0.39 is 0 Å². The summed E-state index contributed by atoms with van der Waals surface area (Å²) in [4.78, 5) is 21.9. The number of hydrogen-bond acceptors (Lipinski definition) is 5. The minimum Gasteiger partial charge on any atom is -0.495 e. The number of methoxy groups -OCH3 is 1. The predicted molar refractivity (Wildman–Crippen MR) is 119 cm³/mol. The summed E-state index contributed by atoms with van der Waals surface area (Å²) < 4.78 is 6.35. The first-order valence-electron chi connectivity index (χ1n) is 9.18. The van der Waals surface area contributed by atoms with Gasteiger partial charge in [0.1, 0.15) is 11.6 Å². The van der Waals surface area contributed by atoms with Crippen LogP contribution in [0.1, 0.15) is 11.3 Å². The maximum Gasteiger partial charge on any atom is 0.267 e. The highest BCUT2D eigenvalue weighted by Gasteiger charge is 2.17. The summed E-state index contributed by atoms with van der Waals surface area (Å²) in [5.74, 6) is 0.647. The van der Waals surface area contributed by atoms with E-state index in [0.29, 0.717) is 38.6 Å². The second kappa shape index (κ2) is 8.00. The Morgan fingerprint density at radius 3 is 2.57 bits per heavy atom.